The summed E-state index contributed by atoms with van der Waals surface area (Å²) >= 11 is 6.02. The van der Waals surface area contributed by atoms with Crippen LogP contribution in [0.5, 0.6) is 0 Å². The first-order chi connectivity index (χ1) is 16.2. The summed E-state index contributed by atoms with van der Waals surface area (Å²) in [4.78, 5) is 25.7. The van der Waals surface area contributed by atoms with E-state index in [0.717, 1.165) is 40.1 Å². The molecule has 0 bridgehead atoms. The first-order valence-electron chi connectivity index (χ1n) is 9.94. The predicted molar refractivity (Wildman–Crippen MR) is 118 cm³/mol. The largest absolute Gasteiger partial charge is 0.477 e. The van der Waals surface area contributed by atoms with E-state index in [-0.39, 0.29) is 13.1 Å². The fourth-order valence-electron chi connectivity index (χ4n) is 4.23. The molecule has 0 radical (unpaired) electrons. The lowest BCUT2D eigenvalue weighted by molar-refractivity contribution is 0.0695. The minimum Gasteiger partial charge on any atom is -0.477 e. The van der Waals surface area contributed by atoms with E-state index in [4.69, 9.17) is 11.6 Å². The number of anilines is 1. The average molecular weight is 489 g/mol. The van der Waals surface area contributed by atoms with E-state index in [9.17, 15) is 23.5 Å². The summed E-state index contributed by atoms with van der Waals surface area (Å²) in [7, 11) is 0. The van der Waals surface area contributed by atoms with Crippen LogP contribution in [0.25, 0.3) is 16.6 Å². The lowest BCUT2D eigenvalue weighted by Crippen LogP contribution is -2.23. The van der Waals surface area contributed by atoms with Crippen LogP contribution in [-0.4, -0.2) is 15.6 Å². The van der Waals surface area contributed by atoms with Crippen molar-refractivity contribution in [3.05, 3.63) is 104 Å². The van der Waals surface area contributed by atoms with Gasteiger partial charge in [0.1, 0.15) is 28.7 Å². The van der Waals surface area contributed by atoms with Crippen molar-refractivity contribution >= 4 is 34.2 Å². The molecular weight excluding hydrogens is 476 g/mol. The van der Waals surface area contributed by atoms with Gasteiger partial charge in [0.2, 0.25) is 5.43 Å². The van der Waals surface area contributed by atoms with Crippen molar-refractivity contribution in [2.24, 2.45) is 0 Å². The number of rotatable bonds is 3. The van der Waals surface area contributed by atoms with Crippen LogP contribution in [0.15, 0.2) is 53.5 Å². The van der Waals surface area contributed by atoms with Crippen LogP contribution in [0.3, 0.4) is 0 Å². The van der Waals surface area contributed by atoms with E-state index in [2.05, 4.69) is 0 Å². The van der Waals surface area contributed by atoms with Crippen molar-refractivity contribution in [1.29, 1.82) is 0 Å². The molecule has 5 nitrogen and oxygen atoms in total. The van der Waals surface area contributed by atoms with Crippen molar-refractivity contribution < 1.29 is 27.5 Å². The molecule has 0 spiro atoms. The van der Waals surface area contributed by atoms with Gasteiger partial charge in [0, 0.05) is 30.4 Å². The first-order valence-corrected chi connectivity index (χ1v) is 10.3. The number of benzene rings is 3. The Morgan fingerprint density at radius 2 is 1.68 bits per heavy atom. The van der Waals surface area contributed by atoms with Gasteiger partial charge in [0.15, 0.2) is 5.82 Å². The van der Waals surface area contributed by atoms with Gasteiger partial charge in [-0.2, -0.15) is 0 Å². The highest BCUT2D eigenvalue weighted by atomic mass is 35.5. The highest BCUT2D eigenvalue weighted by Crippen LogP contribution is 2.37. The van der Waals surface area contributed by atoms with E-state index in [1.54, 1.807) is 18.2 Å². The average Bonchev–Trinajstić information content (AvgIpc) is 3.17. The summed E-state index contributed by atoms with van der Waals surface area (Å²) in [5.74, 6) is -5.98. The van der Waals surface area contributed by atoms with Gasteiger partial charge in [0.25, 0.3) is 0 Å². The Balaban J connectivity index is 1.81. The van der Waals surface area contributed by atoms with Crippen molar-refractivity contribution in [1.82, 2.24) is 4.57 Å². The van der Waals surface area contributed by atoms with E-state index >= 15 is 8.78 Å². The third-order valence-electron chi connectivity index (χ3n) is 5.76. The molecule has 34 heavy (non-hydrogen) atoms. The van der Waals surface area contributed by atoms with E-state index in [1.165, 1.54) is 4.90 Å². The van der Waals surface area contributed by atoms with Crippen LogP contribution in [-0.2, 0) is 13.1 Å². The number of pyridine rings is 1. The smallest absolute Gasteiger partial charge is 0.341 e. The molecule has 0 unspecified atom stereocenters. The minimum atomic E-state index is -1.67. The zero-order chi connectivity index (χ0) is 24.3. The number of carbonyl (C=O) groups is 1. The third kappa shape index (κ3) is 3.40. The maximum Gasteiger partial charge on any atom is 0.341 e. The van der Waals surface area contributed by atoms with Crippen LogP contribution in [0.1, 0.15) is 21.5 Å². The second-order valence-corrected chi connectivity index (χ2v) is 8.27. The quantitative estimate of drug-likeness (QED) is 0.391. The van der Waals surface area contributed by atoms with Crippen molar-refractivity contribution in [3.8, 4) is 5.69 Å². The molecule has 172 valence electrons. The van der Waals surface area contributed by atoms with Crippen molar-refractivity contribution in [3.63, 3.8) is 0 Å². The van der Waals surface area contributed by atoms with Gasteiger partial charge in [-0.25, -0.2) is 22.4 Å². The summed E-state index contributed by atoms with van der Waals surface area (Å²) < 4.78 is 60.0. The topological polar surface area (TPSA) is 62.5 Å². The number of nitrogens with zero attached hydrogens (tertiary/aromatic N) is 2. The van der Waals surface area contributed by atoms with Gasteiger partial charge in [-0.1, -0.05) is 17.7 Å². The molecule has 1 aliphatic heterocycles. The fraction of sp³-hybridized carbons (Fsp3) is 0.0833. The van der Waals surface area contributed by atoms with Crippen LogP contribution >= 0.6 is 11.6 Å². The zero-order valence-electron chi connectivity index (χ0n) is 17.1. The van der Waals surface area contributed by atoms with Crippen LogP contribution < -0.4 is 10.3 Å². The summed E-state index contributed by atoms with van der Waals surface area (Å²) in [5, 5.41) is 9.29. The third-order valence-corrected chi connectivity index (χ3v) is 6.00. The maximum atomic E-state index is 15.9. The Labute approximate surface area is 194 Å². The van der Waals surface area contributed by atoms with Crippen LogP contribution in [0, 0.1) is 23.3 Å². The number of aromatic nitrogens is 1. The second-order valence-electron chi connectivity index (χ2n) is 7.83. The molecule has 1 aromatic heterocycles. The van der Waals surface area contributed by atoms with Gasteiger partial charge >= 0.3 is 5.97 Å². The summed E-state index contributed by atoms with van der Waals surface area (Å²) in [6.07, 6.45) is 0.743. The number of carboxylic acids is 1. The molecule has 4 aromatic rings. The molecule has 0 saturated heterocycles. The summed E-state index contributed by atoms with van der Waals surface area (Å²) in [6, 6.07) is 8.19. The van der Waals surface area contributed by atoms with E-state index in [0.29, 0.717) is 11.1 Å². The molecule has 0 fully saturated rings. The van der Waals surface area contributed by atoms with Crippen LogP contribution in [0.4, 0.5) is 23.2 Å². The zero-order valence-corrected chi connectivity index (χ0v) is 17.8. The molecule has 10 heteroatoms. The van der Waals surface area contributed by atoms with Crippen LogP contribution in [0.2, 0.25) is 5.02 Å². The molecule has 1 aliphatic rings. The van der Waals surface area contributed by atoms with Gasteiger partial charge in [0.05, 0.1) is 16.6 Å². The van der Waals surface area contributed by atoms with Gasteiger partial charge in [-0.05, 0) is 41.5 Å². The number of fused-ring (bicyclic) bond motifs is 2. The normalized spacial score (nSPS) is 12.9. The maximum absolute atomic E-state index is 15.9. The Morgan fingerprint density at radius 1 is 0.941 bits per heavy atom. The lowest BCUT2D eigenvalue weighted by Gasteiger charge is -2.22. The molecule has 0 saturated carbocycles. The molecule has 5 rings (SSSR count). The molecule has 0 atom stereocenters. The van der Waals surface area contributed by atoms with Gasteiger partial charge in [-0.3, -0.25) is 4.79 Å². The van der Waals surface area contributed by atoms with Crippen molar-refractivity contribution in [2.45, 2.75) is 13.1 Å². The van der Waals surface area contributed by atoms with E-state index in [1.807, 2.05) is 0 Å². The Kier molecular flexibility index (Phi) is 5.09. The monoisotopic (exact) mass is 488 g/mol. The summed E-state index contributed by atoms with van der Waals surface area (Å²) in [6.45, 7) is 0.270. The highest BCUT2D eigenvalue weighted by Gasteiger charge is 2.29. The molecule has 0 amide bonds. The van der Waals surface area contributed by atoms with Crippen molar-refractivity contribution in [2.75, 3.05) is 4.90 Å². The Morgan fingerprint density at radius 3 is 2.38 bits per heavy atom. The molecule has 0 aliphatic carbocycles. The second kappa shape index (κ2) is 7.88. The molecule has 2 heterocycles. The first kappa shape index (κ1) is 22.0. The number of aromatic carboxylic acids is 1. The highest BCUT2D eigenvalue weighted by molar-refractivity contribution is 6.30. The Bertz CT molecular complexity index is 1590. The minimum absolute atomic E-state index is 0.123. The number of halogens is 5. The number of hydrogen-bond acceptors (Lipinski definition) is 3. The molecular formula is C24H13ClF4N2O3. The molecule has 3 aromatic carbocycles. The predicted octanol–water partition coefficient (Wildman–Crippen LogP) is 5.42. The Hall–Kier alpha value is -3.85. The van der Waals surface area contributed by atoms with Gasteiger partial charge in [-0.15, -0.1) is 0 Å². The number of hydrogen-bond donors (Lipinski definition) is 1. The number of carboxylic acid groups (broad SMARTS) is 1. The lowest BCUT2D eigenvalue weighted by atomic mass is 10.1. The SMILES string of the molecule is O=C(O)c1cn(-c2ccc(F)cc2F)c2c(F)c(N3Cc4ccc(Cl)cc4C3)c(F)cc2c1=O. The molecule has 1 N–H and O–H groups in total. The van der Waals surface area contributed by atoms with Gasteiger partial charge < -0.3 is 14.6 Å². The van der Waals surface area contributed by atoms with E-state index < -0.39 is 62.5 Å². The standard InChI is InChI=1S/C24H13ClF4N2O3/c25-13-2-1-11-8-30(9-12(11)5-13)22-18(28)7-15-21(20(22)29)31(10-16(23(15)32)24(33)34)19-4-3-14(26)6-17(19)27/h1-7,10H,8-9H2,(H,33,34). The fourth-order valence-corrected chi connectivity index (χ4v) is 4.43. The summed E-state index contributed by atoms with van der Waals surface area (Å²) in [5.41, 5.74) is -1.83.